The molecule has 0 bridgehead atoms. The van der Waals surface area contributed by atoms with E-state index in [1.54, 1.807) is 13.1 Å². The van der Waals surface area contributed by atoms with Crippen molar-refractivity contribution < 1.29 is 28.9 Å². The predicted molar refractivity (Wildman–Crippen MR) is 128 cm³/mol. The van der Waals surface area contributed by atoms with Crippen LogP contribution in [0.2, 0.25) is 0 Å². The number of hydrogen-bond donors (Lipinski definition) is 2. The minimum Gasteiger partial charge on any atom is -0.463 e. The molecule has 180 valence electrons. The van der Waals surface area contributed by atoms with Gasteiger partial charge in [-0.15, -0.1) is 11.3 Å². The number of esters is 1. The van der Waals surface area contributed by atoms with E-state index in [-0.39, 0.29) is 19.8 Å². The summed E-state index contributed by atoms with van der Waals surface area (Å²) in [6.45, 7) is 3.07. The highest BCUT2D eigenvalue weighted by molar-refractivity contribution is 9.10. The molecule has 10 nitrogen and oxygen atoms in total. The second-order valence-electron chi connectivity index (χ2n) is 7.39. The minimum absolute atomic E-state index is 0.0951. The van der Waals surface area contributed by atoms with Crippen molar-refractivity contribution >= 4 is 45.2 Å². The topological polar surface area (TPSA) is 123 Å². The van der Waals surface area contributed by atoms with Crippen molar-refractivity contribution in [3.63, 3.8) is 0 Å². The Morgan fingerprint density at radius 1 is 1.35 bits per heavy atom. The Labute approximate surface area is 208 Å². The zero-order chi connectivity index (χ0) is 24.1. The van der Waals surface area contributed by atoms with Gasteiger partial charge in [-0.2, -0.15) is 0 Å². The molecule has 2 aliphatic heterocycles. The standard InChI is InChI=1S/C22H23BrN4O6S/c1-2-32-21(28)17-15(11-27-8-9-31-12-16(27)33-22(29)30)25-19(20-24-7-10-34-20)26-18(17)13-3-5-14(23)6-4-13/h3-7,10,16,18H,2,8-9,11-12H2,1H3,(H,25,26)(H,29,30)/t16-,18-/m0/s1. The van der Waals surface area contributed by atoms with Crippen molar-refractivity contribution in [2.45, 2.75) is 19.2 Å². The normalized spacial score (nSPS) is 20.9. The van der Waals surface area contributed by atoms with E-state index in [0.717, 1.165) is 10.0 Å². The van der Waals surface area contributed by atoms with Crippen molar-refractivity contribution in [1.29, 1.82) is 0 Å². The molecule has 2 atom stereocenters. The lowest BCUT2D eigenvalue weighted by Gasteiger charge is -2.36. The smallest absolute Gasteiger partial charge is 0.463 e. The van der Waals surface area contributed by atoms with Gasteiger partial charge in [-0.05, 0) is 24.6 Å². The molecule has 12 heteroatoms. The van der Waals surface area contributed by atoms with Crippen LogP contribution in [0.5, 0.6) is 0 Å². The SMILES string of the molecule is CCOC(=O)C1=C(CN2CCOC[C@@H]2OC(=O)O)NC(c2nccs2)=N[C@H]1c1ccc(Br)cc1. The molecule has 0 amide bonds. The molecule has 1 fully saturated rings. The fourth-order valence-corrected chi connectivity index (χ4v) is 4.58. The lowest BCUT2D eigenvalue weighted by Crippen LogP contribution is -2.50. The van der Waals surface area contributed by atoms with Crippen molar-refractivity contribution in [3.05, 3.63) is 62.2 Å². The second kappa shape index (κ2) is 11.1. The van der Waals surface area contributed by atoms with E-state index in [0.29, 0.717) is 35.3 Å². The monoisotopic (exact) mass is 550 g/mol. The number of ether oxygens (including phenoxy) is 3. The van der Waals surface area contributed by atoms with Gasteiger partial charge in [0.2, 0.25) is 0 Å². The van der Waals surface area contributed by atoms with Gasteiger partial charge in [0.25, 0.3) is 0 Å². The predicted octanol–water partition coefficient (Wildman–Crippen LogP) is 3.17. The average Bonchev–Trinajstić information content (AvgIpc) is 3.35. The van der Waals surface area contributed by atoms with E-state index in [1.165, 1.54) is 11.3 Å². The summed E-state index contributed by atoms with van der Waals surface area (Å²) in [5.74, 6) is 0.0266. The third-order valence-corrected chi connectivity index (χ3v) is 6.54. The number of halogens is 1. The number of aliphatic imine (C=N–C) groups is 1. The fraction of sp³-hybridized carbons (Fsp3) is 0.364. The summed E-state index contributed by atoms with van der Waals surface area (Å²) in [6, 6.07) is 6.92. The molecule has 34 heavy (non-hydrogen) atoms. The van der Waals surface area contributed by atoms with Crippen LogP contribution < -0.4 is 5.32 Å². The number of amidine groups is 1. The van der Waals surface area contributed by atoms with Crippen LogP contribution in [-0.2, 0) is 19.0 Å². The van der Waals surface area contributed by atoms with Crippen molar-refractivity contribution in [2.24, 2.45) is 4.99 Å². The molecular formula is C22H23BrN4O6S. The summed E-state index contributed by atoms with van der Waals surface area (Å²) < 4.78 is 16.7. The van der Waals surface area contributed by atoms with E-state index in [1.807, 2.05) is 34.5 Å². The Bertz CT molecular complexity index is 1090. The average molecular weight is 551 g/mol. The third-order valence-electron chi connectivity index (χ3n) is 5.23. The highest BCUT2D eigenvalue weighted by Gasteiger charge is 2.35. The van der Waals surface area contributed by atoms with Crippen molar-refractivity contribution in [3.8, 4) is 0 Å². The molecule has 2 N–H and O–H groups in total. The van der Waals surface area contributed by atoms with Gasteiger partial charge in [-0.3, -0.25) is 9.89 Å². The molecule has 0 saturated carbocycles. The van der Waals surface area contributed by atoms with Gasteiger partial charge in [0.1, 0.15) is 6.04 Å². The van der Waals surface area contributed by atoms with Crippen LogP contribution in [0, 0.1) is 0 Å². The number of thiazole rings is 1. The molecule has 3 heterocycles. The maximum atomic E-state index is 13.2. The van der Waals surface area contributed by atoms with Gasteiger partial charge in [-0.1, -0.05) is 28.1 Å². The van der Waals surface area contributed by atoms with Gasteiger partial charge in [0.15, 0.2) is 17.1 Å². The Morgan fingerprint density at radius 2 is 2.15 bits per heavy atom. The number of nitrogens with one attached hydrogen (secondary N) is 1. The van der Waals surface area contributed by atoms with Crippen LogP contribution in [0.15, 0.2) is 56.6 Å². The van der Waals surface area contributed by atoms with E-state index in [9.17, 15) is 9.59 Å². The Morgan fingerprint density at radius 3 is 2.82 bits per heavy atom. The highest BCUT2D eigenvalue weighted by Crippen LogP contribution is 2.34. The number of benzene rings is 1. The molecule has 0 aliphatic carbocycles. The maximum Gasteiger partial charge on any atom is 0.507 e. The van der Waals surface area contributed by atoms with Crippen LogP contribution >= 0.6 is 27.3 Å². The summed E-state index contributed by atoms with van der Waals surface area (Å²) >= 11 is 4.86. The molecule has 2 aliphatic rings. The molecule has 1 aromatic heterocycles. The molecule has 0 radical (unpaired) electrons. The Hall–Kier alpha value is -2.80. The number of carboxylic acid groups (broad SMARTS) is 1. The summed E-state index contributed by atoms with van der Waals surface area (Å²) in [5, 5.41) is 14.9. The molecule has 0 spiro atoms. The molecule has 4 rings (SSSR count). The van der Waals surface area contributed by atoms with E-state index < -0.39 is 24.4 Å². The third kappa shape index (κ3) is 5.63. The lowest BCUT2D eigenvalue weighted by molar-refractivity contribution is -0.139. The molecule has 1 saturated heterocycles. The number of nitrogens with zero attached hydrogens (tertiary/aromatic N) is 3. The molecular weight excluding hydrogens is 528 g/mol. The van der Waals surface area contributed by atoms with Crippen LogP contribution in [0.3, 0.4) is 0 Å². The quantitative estimate of drug-likeness (QED) is 0.500. The number of hydrogen-bond acceptors (Lipinski definition) is 10. The van der Waals surface area contributed by atoms with Gasteiger partial charge < -0.3 is 24.6 Å². The first-order valence-corrected chi connectivity index (χ1v) is 12.2. The molecule has 0 unspecified atom stereocenters. The summed E-state index contributed by atoms with van der Waals surface area (Å²) in [5.41, 5.74) is 1.71. The zero-order valence-electron chi connectivity index (χ0n) is 18.3. The van der Waals surface area contributed by atoms with E-state index in [4.69, 9.17) is 24.3 Å². The van der Waals surface area contributed by atoms with Crippen LogP contribution in [0.1, 0.15) is 23.5 Å². The van der Waals surface area contributed by atoms with Crippen molar-refractivity contribution in [1.82, 2.24) is 15.2 Å². The highest BCUT2D eigenvalue weighted by atomic mass is 79.9. The Kier molecular flexibility index (Phi) is 7.93. The zero-order valence-corrected chi connectivity index (χ0v) is 20.7. The van der Waals surface area contributed by atoms with Gasteiger partial charge >= 0.3 is 12.1 Å². The largest absolute Gasteiger partial charge is 0.507 e. The second-order valence-corrected chi connectivity index (χ2v) is 9.20. The van der Waals surface area contributed by atoms with E-state index >= 15 is 0 Å². The van der Waals surface area contributed by atoms with Gasteiger partial charge in [-0.25, -0.2) is 14.6 Å². The number of carbonyl (C=O) groups is 2. The van der Waals surface area contributed by atoms with E-state index in [2.05, 4.69) is 26.2 Å². The molecule has 2 aromatic rings. The number of carbonyl (C=O) groups excluding carboxylic acids is 1. The first-order valence-electron chi connectivity index (χ1n) is 10.6. The van der Waals surface area contributed by atoms with Crippen LogP contribution in [-0.4, -0.2) is 72.1 Å². The lowest BCUT2D eigenvalue weighted by atomic mass is 9.95. The summed E-state index contributed by atoms with van der Waals surface area (Å²) in [7, 11) is 0. The van der Waals surface area contributed by atoms with Crippen LogP contribution in [0.25, 0.3) is 0 Å². The molecule has 1 aromatic carbocycles. The summed E-state index contributed by atoms with van der Waals surface area (Å²) in [4.78, 5) is 35.4. The summed E-state index contributed by atoms with van der Waals surface area (Å²) in [6.07, 6.45) is -0.520. The van der Waals surface area contributed by atoms with Crippen molar-refractivity contribution in [2.75, 3.05) is 32.9 Å². The number of rotatable bonds is 7. The number of aromatic nitrogens is 1. The Balaban J connectivity index is 1.77. The first-order chi connectivity index (χ1) is 16.5. The van der Waals surface area contributed by atoms with Gasteiger partial charge in [0.05, 0.1) is 25.4 Å². The van der Waals surface area contributed by atoms with Crippen LogP contribution in [0.4, 0.5) is 4.79 Å². The maximum absolute atomic E-state index is 13.2. The first kappa shape index (κ1) is 24.3. The fourth-order valence-electron chi connectivity index (χ4n) is 3.73. The van der Waals surface area contributed by atoms with Gasteiger partial charge in [0, 0.05) is 34.8 Å². The number of morpholine rings is 1. The minimum atomic E-state index is -1.39.